The molecule has 1 aliphatic rings. The van der Waals surface area contributed by atoms with Crippen LogP contribution in [0.25, 0.3) is 0 Å². The highest BCUT2D eigenvalue weighted by Gasteiger charge is 2.30. The van der Waals surface area contributed by atoms with Crippen molar-refractivity contribution in [2.75, 3.05) is 19.1 Å². The van der Waals surface area contributed by atoms with Crippen LogP contribution in [0, 0.1) is 5.82 Å². The number of rotatable bonds is 7. The largest absolute Gasteiger partial charge is 0.493 e. The second-order valence-electron chi connectivity index (χ2n) is 5.72. The summed E-state index contributed by atoms with van der Waals surface area (Å²) in [4.78, 5) is 19.1. The van der Waals surface area contributed by atoms with Crippen molar-refractivity contribution in [3.8, 4) is 11.5 Å². The summed E-state index contributed by atoms with van der Waals surface area (Å²) in [5.74, 6) is 0.127. The molecule has 0 saturated heterocycles. The quantitative estimate of drug-likeness (QED) is 0.701. The van der Waals surface area contributed by atoms with Gasteiger partial charge < -0.3 is 14.4 Å². The predicted molar refractivity (Wildman–Crippen MR) is 95.0 cm³/mol. The first-order valence-electron chi connectivity index (χ1n) is 7.86. The fourth-order valence-corrected chi connectivity index (χ4v) is 3.51. The Bertz CT molecular complexity index is 802. The van der Waals surface area contributed by atoms with Gasteiger partial charge in [-0.25, -0.2) is 9.37 Å². The summed E-state index contributed by atoms with van der Waals surface area (Å²) in [6.45, 7) is 3.77. The topological polar surface area (TPSA) is 51.7 Å². The van der Waals surface area contributed by atoms with Crippen molar-refractivity contribution < 1.29 is 18.7 Å². The van der Waals surface area contributed by atoms with Gasteiger partial charge in [0.1, 0.15) is 0 Å². The van der Waals surface area contributed by atoms with Crippen LogP contribution < -0.4 is 14.4 Å². The molecule has 0 atom stereocenters. The summed E-state index contributed by atoms with van der Waals surface area (Å²) in [6.07, 6.45) is 3.39. The van der Waals surface area contributed by atoms with Crippen molar-refractivity contribution in [3.05, 3.63) is 46.7 Å². The third-order valence-corrected chi connectivity index (χ3v) is 4.96. The molecule has 0 bridgehead atoms. The second-order valence-corrected chi connectivity index (χ2v) is 6.66. The predicted octanol–water partition coefficient (Wildman–Crippen LogP) is 3.90. The van der Waals surface area contributed by atoms with Crippen molar-refractivity contribution in [1.82, 2.24) is 4.98 Å². The van der Waals surface area contributed by atoms with Crippen LogP contribution in [-0.4, -0.2) is 25.1 Å². The second kappa shape index (κ2) is 7.23. The Hall–Kier alpha value is -2.41. The van der Waals surface area contributed by atoms with E-state index in [1.807, 2.05) is 0 Å². The van der Waals surface area contributed by atoms with Crippen LogP contribution in [0.15, 0.2) is 30.3 Å². The highest BCUT2D eigenvalue weighted by molar-refractivity contribution is 7.09. The maximum atomic E-state index is 14.6. The lowest BCUT2D eigenvalue weighted by Crippen LogP contribution is -2.29. The lowest BCUT2D eigenvalue weighted by molar-refractivity contribution is -0.114. The van der Waals surface area contributed by atoms with Gasteiger partial charge in [0.15, 0.2) is 17.3 Å². The molecular formula is C18H19FN2O3S. The summed E-state index contributed by atoms with van der Waals surface area (Å²) in [5.41, 5.74) is 2.90. The standard InChI is InChI=1S/C18H19FN2O3S/c1-4-17(22)21(9-16-18(11-5-6-11)20-10-25-16)13-8-15(24-3)14(23-2)7-12(13)19/h4,7-8,10-11H,1,5-6,9H2,2-3H3. The lowest BCUT2D eigenvalue weighted by atomic mass is 10.2. The molecule has 2 aromatic rings. The molecule has 132 valence electrons. The third-order valence-electron chi connectivity index (χ3n) is 4.12. The van der Waals surface area contributed by atoms with Crippen LogP contribution in [-0.2, 0) is 11.3 Å². The number of thiazole rings is 1. The van der Waals surface area contributed by atoms with Gasteiger partial charge in [-0.05, 0) is 18.9 Å². The van der Waals surface area contributed by atoms with Crippen molar-refractivity contribution in [2.45, 2.75) is 25.3 Å². The number of halogens is 1. The van der Waals surface area contributed by atoms with Gasteiger partial charge in [0.25, 0.3) is 5.91 Å². The van der Waals surface area contributed by atoms with Crippen LogP contribution in [0.3, 0.4) is 0 Å². The number of methoxy groups -OCH3 is 2. The summed E-state index contributed by atoms with van der Waals surface area (Å²) in [7, 11) is 2.90. The average Bonchev–Trinajstić information content (AvgIpc) is 3.37. The zero-order valence-corrected chi connectivity index (χ0v) is 14.9. The fraction of sp³-hybridized carbons (Fsp3) is 0.333. The van der Waals surface area contributed by atoms with Gasteiger partial charge in [0.2, 0.25) is 0 Å². The minimum absolute atomic E-state index is 0.123. The third kappa shape index (κ3) is 3.51. The van der Waals surface area contributed by atoms with Crippen LogP contribution >= 0.6 is 11.3 Å². The van der Waals surface area contributed by atoms with E-state index in [9.17, 15) is 9.18 Å². The lowest BCUT2D eigenvalue weighted by Gasteiger charge is -2.23. The molecule has 1 fully saturated rings. The Balaban J connectivity index is 2.00. The molecule has 1 aromatic carbocycles. The van der Waals surface area contributed by atoms with Gasteiger partial charge in [-0.3, -0.25) is 4.79 Å². The van der Waals surface area contributed by atoms with Gasteiger partial charge >= 0.3 is 0 Å². The SMILES string of the molecule is C=CC(=O)N(Cc1scnc1C1CC1)c1cc(OC)c(OC)cc1F. The van der Waals surface area contributed by atoms with Crippen LogP contribution in [0.1, 0.15) is 29.3 Å². The maximum absolute atomic E-state index is 14.6. The minimum atomic E-state index is -0.565. The van der Waals surface area contributed by atoms with E-state index in [2.05, 4.69) is 11.6 Å². The highest BCUT2D eigenvalue weighted by Crippen LogP contribution is 2.43. The van der Waals surface area contributed by atoms with Crippen molar-refractivity contribution in [2.24, 2.45) is 0 Å². The van der Waals surface area contributed by atoms with E-state index in [1.165, 1.54) is 48.7 Å². The first-order valence-corrected chi connectivity index (χ1v) is 8.74. The van der Waals surface area contributed by atoms with Crippen LogP contribution in [0.2, 0.25) is 0 Å². The van der Waals surface area contributed by atoms with Crippen LogP contribution in [0.4, 0.5) is 10.1 Å². The number of hydrogen-bond acceptors (Lipinski definition) is 5. The molecule has 3 rings (SSSR count). The number of benzene rings is 1. The van der Waals surface area contributed by atoms with Gasteiger partial charge in [-0.1, -0.05) is 6.58 Å². The Labute approximate surface area is 149 Å². The average molecular weight is 362 g/mol. The number of carbonyl (C=O) groups excluding carboxylic acids is 1. The van der Waals surface area contributed by atoms with E-state index in [4.69, 9.17) is 9.47 Å². The molecule has 0 radical (unpaired) electrons. The number of nitrogens with zero attached hydrogens (tertiary/aromatic N) is 2. The summed E-state index contributed by atoms with van der Waals surface area (Å²) in [5, 5.41) is 0. The van der Waals surface area contributed by atoms with E-state index in [0.717, 1.165) is 23.4 Å². The summed E-state index contributed by atoms with van der Waals surface area (Å²) >= 11 is 1.47. The molecule has 1 heterocycles. The molecule has 5 nitrogen and oxygen atoms in total. The van der Waals surface area contributed by atoms with Gasteiger partial charge in [-0.2, -0.15) is 0 Å². The summed E-state index contributed by atoms with van der Waals surface area (Å²) < 4.78 is 25.0. The number of hydrogen-bond donors (Lipinski definition) is 0. The Morgan fingerprint density at radius 1 is 1.40 bits per heavy atom. The monoisotopic (exact) mass is 362 g/mol. The first kappa shape index (κ1) is 17.4. The molecule has 0 aliphatic heterocycles. The van der Waals surface area contributed by atoms with E-state index >= 15 is 0 Å². The number of aromatic nitrogens is 1. The van der Waals surface area contributed by atoms with E-state index in [0.29, 0.717) is 11.7 Å². The van der Waals surface area contributed by atoms with Gasteiger partial charge in [0.05, 0.1) is 37.7 Å². The summed E-state index contributed by atoms with van der Waals surface area (Å²) in [6, 6.07) is 2.68. The molecule has 1 saturated carbocycles. The molecule has 0 N–H and O–H groups in total. The van der Waals surface area contributed by atoms with Crippen molar-refractivity contribution in [1.29, 1.82) is 0 Å². The van der Waals surface area contributed by atoms with Crippen molar-refractivity contribution >= 4 is 22.9 Å². The zero-order chi connectivity index (χ0) is 18.0. The maximum Gasteiger partial charge on any atom is 0.250 e. The molecule has 7 heteroatoms. The van der Waals surface area contributed by atoms with E-state index < -0.39 is 5.82 Å². The van der Waals surface area contributed by atoms with E-state index in [1.54, 1.807) is 5.51 Å². The zero-order valence-electron chi connectivity index (χ0n) is 14.1. The van der Waals surface area contributed by atoms with Crippen LogP contribution in [0.5, 0.6) is 11.5 Å². The molecule has 1 aliphatic carbocycles. The highest BCUT2D eigenvalue weighted by atomic mass is 32.1. The number of amides is 1. The smallest absolute Gasteiger partial charge is 0.250 e. The minimum Gasteiger partial charge on any atom is -0.493 e. The number of anilines is 1. The van der Waals surface area contributed by atoms with Gasteiger partial charge in [0, 0.05) is 22.9 Å². The van der Waals surface area contributed by atoms with Gasteiger partial charge in [-0.15, -0.1) is 11.3 Å². The number of ether oxygens (including phenoxy) is 2. The Morgan fingerprint density at radius 3 is 2.68 bits per heavy atom. The number of carbonyl (C=O) groups is 1. The molecule has 1 amide bonds. The molecule has 25 heavy (non-hydrogen) atoms. The molecular weight excluding hydrogens is 343 g/mol. The van der Waals surface area contributed by atoms with E-state index in [-0.39, 0.29) is 23.9 Å². The normalized spacial score (nSPS) is 13.4. The molecule has 0 spiro atoms. The van der Waals surface area contributed by atoms with Crippen molar-refractivity contribution in [3.63, 3.8) is 0 Å². The first-order chi connectivity index (χ1) is 12.1. The molecule has 0 unspecified atom stereocenters. The fourth-order valence-electron chi connectivity index (χ4n) is 2.67. The Kier molecular flexibility index (Phi) is 5.03. The molecule has 1 aromatic heterocycles. The Morgan fingerprint density at radius 2 is 2.08 bits per heavy atom.